The lowest BCUT2D eigenvalue weighted by molar-refractivity contribution is -0.120. The maximum absolute atomic E-state index is 12.2. The van der Waals surface area contributed by atoms with Gasteiger partial charge >= 0.3 is 0 Å². The second-order valence-corrected chi connectivity index (χ2v) is 5.18. The number of aryl methyl sites for hydroxylation is 1. The standard InChI is InChI=1S/C13H18ClN3O/c1-8-11(5-6-12(14)16-8)17-13(18)10-4-2-3-9(10)7-15/h5-6,9-10H,2-4,7,15H2,1H3,(H,17,18). The van der Waals surface area contributed by atoms with Crippen LogP contribution in [0.25, 0.3) is 0 Å². The largest absolute Gasteiger partial charge is 0.330 e. The van der Waals surface area contributed by atoms with Crippen molar-refractivity contribution >= 4 is 23.2 Å². The molecule has 0 aromatic carbocycles. The number of nitrogens with zero attached hydrogens (tertiary/aromatic N) is 1. The van der Waals surface area contributed by atoms with Crippen molar-refractivity contribution < 1.29 is 4.79 Å². The molecule has 2 unspecified atom stereocenters. The highest BCUT2D eigenvalue weighted by Crippen LogP contribution is 2.32. The van der Waals surface area contributed by atoms with E-state index in [-0.39, 0.29) is 11.8 Å². The number of amides is 1. The molecule has 1 heterocycles. The Balaban J connectivity index is 2.07. The van der Waals surface area contributed by atoms with Gasteiger partial charge < -0.3 is 11.1 Å². The summed E-state index contributed by atoms with van der Waals surface area (Å²) in [5.74, 6) is 0.394. The van der Waals surface area contributed by atoms with Crippen molar-refractivity contribution in [2.75, 3.05) is 11.9 Å². The molecule has 18 heavy (non-hydrogen) atoms. The van der Waals surface area contributed by atoms with Crippen LogP contribution in [0.4, 0.5) is 5.69 Å². The summed E-state index contributed by atoms with van der Waals surface area (Å²) in [5.41, 5.74) is 7.16. The topological polar surface area (TPSA) is 68.0 Å². The number of rotatable bonds is 3. The molecule has 0 saturated heterocycles. The van der Waals surface area contributed by atoms with Gasteiger partial charge in [0.25, 0.3) is 0 Å². The molecule has 2 rings (SSSR count). The first-order chi connectivity index (χ1) is 8.61. The van der Waals surface area contributed by atoms with Crippen LogP contribution < -0.4 is 11.1 Å². The van der Waals surface area contributed by atoms with Crippen LogP contribution in [-0.4, -0.2) is 17.4 Å². The Morgan fingerprint density at radius 2 is 2.33 bits per heavy atom. The fourth-order valence-corrected chi connectivity index (χ4v) is 2.74. The summed E-state index contributed by atoms with van der Waals surface area (Å²) >= 11 is 5.79. The number of anilines is 1. The number of nitrogens with two attached hydrogens (primary N) is 1. The van der Waals surface area contributed by atoms with E-state index in [9.17, 15) is 4.79 Å². The number of halogens is 1. The number of carbonyl (C=O) groups excluding carboxylic acids is 1. The van der Waals surface area contributed by atoms with Crippen LogP contribution in [0.2, 0.25) is 5.15 Å². The van der Waals surface area contributed by atoms with Gasteiger partial charge in [0.1, 0.15) is 5.15 Å². The number of carbonyl (C=O) groups is 1. The Morgan fingerprint density at radius 1 is 1.56 bits per heavy atom. The minimum absolute atomic E-state index is 0.0325. The lowest BCUT2D eigenvalue weighted by Crippen LogP contribution is -2.30. The molecule has 1 saturated carbocycles. The van der Waals surface area contributed by atoms with Crippen molar-refractivity contribution in [2.24, 2.45) is 17.6 Å². The summed E-state index contributed by atoms with van der Waals surface area (Å²) in [7, 11) is 0. The second kappa shape index (κ2) is 5.67. The third-order valence-electron chi connectivity index (χ3n) is 3.61. The minimum Gasteiger partial charge on any atom is -0.330 e. The molecular weight excluding hydrogens is 250 g/mol. The van der Waals surface area contributed by atoms with Crippen molar-refractivity contribution in [1.29, 1.82) is 0 Å². The zero-order valence-corrected chi connectivity index (χ0v) is 11.2. The van der Waals surface area contributed by atoms with Gasteiger partial charge in [0.15, 0.2) is 0 Å². The van der Waals surface area contributed by atoms with Gasteiger partial charge in [-0.3, -0.25) is 4.79 Å². The molecule has 5 heteroatoms. The molecule has 1 aliphatic carbocycles. The first-order valence-corrected chi connectivity index (χ1v) is 6.63. The van der Waals surface area contributed by atoms with Crippen molar-refractivity contribution in [3.63, 3.8) is 0 Å². The first kappa shape index (κ1) is 13.3. The van der Waals surface area contributed by atoms with Gasteiger partial charge in [-0.1, -0.05) is 18.0 Å². The van der Waals surface area contributed by atoms with Crippen molar-refractivity contribution in [3.8, 4) is 0 Å². The molecule has 3 N–H and O–H groups in total. The van der Waals surface area contributed by atoms with Crippen LogP contribution in [0.15, 0.2) is 12.1 Å². The third-order valence-corrected chi connectivity index (χ3v) is 3.82. The molecule has 2 atom stereocenters. The quantitative estimate of drug-likeness (QED) is 0.826. The predicted octanol–water partition coefficient (Wildman–Crippen LogP) is 2.36. The molecule has 1 aliphatic rings. The molecule has 0 aliphatic heterocycles. The Hall–Kier alpha value is -1.13. The van der Waals surface area contributed by atoms with E-state index in [4.69, 9.17) is 17.3 Å². The van der Waals surface area contributed by atoms with Gasteiger partial charge in [0.2, 0.25) is 5.91 Å². The Kier molecular flexibility index (Phi) is 4.19. The highest BCUT2D eigenvalue weighted by Gasteiger charge is 2.32. The van der Waals surface area contributed by atoms with Crippen molar-refractivity contribution in [1.82, 2.24) is 4.98 Å². The van der Waals surface area contributed by atoms with E-state index in [0.717, 1.165) is 30.6 Å². The monoisotopic (exact) mass is 267 g/mol. The van der Waals surface area contributed by atoms with E-state index in [1.807, 2.05) is 6.92 Å². The predicted molar refractivity (Wildman–Crippen MR) is 72.5 cm³/mol. The van der Waals surface area contributed by atoms with Crippen LogP contribution in [0.3, 0.4) is 0 Å². The Labute approximate surface area is 112 Å². The summed E-state index contributed by atoms with van der Waals surface area (Å²) in [6, 6.07) is 3.47. The van der Waals surface area contributed by atoms with Crippen molar-refractivity contribution in [2.45, 2.75) is 26.2 Å². The number of aromatic nitrogens is 1. The molecule has 0 bridgehead atoms. The number of pyridine rings is 1. The summed E-state index contributed by atoms with van der Waals surface area (Å²) in [6.45, 7) is 2.41. The SMILES string of the molecule is Cc1nc(Cl)ccc1NC(=O)C1CCCC1CN. The van der Waals surface area contributed by atoms with Crippen LogP contribution in [0.1, 0.15) is 25.0 Å². The first-order valence-electron chi connectivity index (χ1n) is 6.26. The highest BCUT2D eigenvalue weighted by molar-refractivity contribution is 6.29. The lowest BCUT2D eigenvalue weighted by atomic mass is 9.95. The van der Waals surface area contributed by atoms with Gasteiger partial charge in [0, 0.05) is 5.92 Å². The molecule has 98 valence electrons. The summed E-state index contributed by atoms with van der Waals surface area (Å²) in [5, 5.41) is 3.36. The lowest BCUT2D eigenvalue weighted by Gasteiger charge is -2.18. The fourth-order valence-electron chi connectivity index (χ4n) is 2.55. The van der Waals surface area contributed by atoms with Crippen LogP contribution in [0, 0.1) is 18.8 Å². The molecule has 0 radical (unpaired) electrons. The molecule has 1 aromatic rings. The number of hydrogen-bond donors (Lipinski definition) is 2. The average Bonchev–Trinajstić information content (AvgIpc) is 2.81. The smallest absolute Gasteiger partial charge is 0.227 e. The maximum Gasteiger partial charge on any atom is 0.227 e. The van der Waals surface area contributed by atoms with Gasteiger partial charge in [-0.25, -0.2) is 4.98 Å². The van der Waals surface area contributed by atoms with Gasteiger partial charge in [-0.05, 0) is 44.4 Å². The summed E-state index contributed by atoms with van der Waals surface area (Å²) < 4.78 is 0. The molecule has 0 spiro atoms. The fraction of sp³-hybridized carbons (Fsp3) is 0.538. The molecule has 1 amide bonds. The molecular formula is C13H18ClN3O. The van der Waals surface area contributed by atoms with E-state index in [1.165, 1.54) is 0 Å². The van der Waals surface area contributed by atoms with Gasteiger partial charge in [-0.15, -0.1) is 0 Å². The Bertz CT molecular complexity index is 450. The summed E-state index contributed by atoms with van der Waals surface area (Å²) in [4.78, 5) is 16.3. The van der Waals surface area contributed by atoms with Gasteiger partial charge in [-0.2, -0.15) is 0 Å². The average molecular weight is 268 g/mol. The van der Waals surface area contributed by atoms with E-state index >= 15 is 0 Å². The third kappa shape index (κ3) is 2.82. The van der Waals surface area contributed by atoms with E-state index < -0.39 is 0 Å². The molecule has 4 nitrogen and oxygen atoms in total. The normalized spacial score (nSPS) is 23.1. The molecule has 1 fully saturated rings. The highest BCUT2D eigenvalue weighted by atomic mass is 35.5. The summed E-state index contributed by atoms with van der Waals surface area (Å²) in [6.07, 6.45) is 3.05. The Morgan fingerprint density at radius 3 is 3.00 bits per heavy atom. The second-order valence-electron chi connectivity index (χ2n) is 4.79. The molecule has 1 aromatic heterocycles. The van der Waals surface area contributed by atoms with E-state index in [2.05, 4.69) is 10.3 Å². The van der Waals surface area contributed by atoms with Crippen molar-refractivity contribution in [3.05, 3.63) is 23.0 Å². The number of nitrogens with one attached hydrogen (secondary N) is 1. The van der Waals surface area contributed by atoms with E-state index in [0.29, 0.717) is 17.6 Å². The van der Waals surface area contributed by atoms with Crippen LogP contribution in [0.5, 0.6) is 0 Å². The number of hydrogen-bond acceptors (Lipinski definition) is 3. The maximum atomic E-state index is 12.2. The van der Waals surface area contributed by atoms with Crippen LogP contribution >= 0.6 is 11.6 Å². The minimum atomic E-state index is 0.0325. The zero-order valence-electron chi connectivity index (χ0n) is 10.4. The van der Waals surface area contributed by atoms with E-state index in [1.54, 1.807) is 12.1 Å². The van der Waals surface area contributed by atoms with Crippen LogP contribution in [-0.2, 0) is 4.79 Å². The van der Waals surface area contributed by atoms with Gasteiger partial charge in [0.05, 0.1) is 11.4 Å². The zero-order chi connectivity index (χ0) is 13.1.